The highest BCUT2D eigenvalue weighted by molar-refractivity contribution is 7.19. The molecule has 3 rings (SSSR count). The first-order valence-corrected chi connectivity index (χ1v) is 12.1. The van der Waals surface area contributed by atoms with Crippen LogP contribution in [0.25, 0.3) is 10.1 Å². The number of fused-ring (bicyclic) bond motifs is 1. The molecule has 6 nitrogen and oxygen atoms in total. The number of esters is 1. The standard InChI is InChI=1S/C25H36N2O4S/c1-24(2,3)30-22(28)20(18-9-10-27(15-18)23(29)31-25(4,5)6)13-19-12-17-8-7-16(14-26)11-21(17)32-19/h7-8,11-12,18,20H,9-10,13-15,26H2,1-6H3/t18-,20-/m0/s1. The third-order valence-electron chi connectivity index (χ3n) is 5.45. The van der Waals surface area contributed by atoms with Crippen LogP contribution >= 0.6 is 11.3 Å². The molecule has 2 aromatic rings. The topological polar surface area (TPSA) is 81.9 Å². The Kier molecular flexibility index (Phi) is 7.20. The van der Waals surface area contributed by atoms with Crippen molar-refractivity contribution in [3.8, 4) is 0 Å². The van der Waals surface area contributed by atoms with Gasteiger partial charge in [0.2, 0.25) is 0 Å². The monoisotopic (exact) mass is 460 g/mol. The second-order valence-corrected chi connectivity index (χ2v) is 11.8. The number of carbonyl (C=O) groups excluding carboxylic acids is 2. The number of amides is 1. The lowest BCUT2D eigenvalue weighted by Gasteiger charge is -2.28. The molecule has 1 aromatic heterocycles. The lowest BCUT2D eigenvalue weighted by molar-refractivity contribution is -0.161. The molecule has 0 aliphatic carbocycles. The van der Waals surface area contributed by atoms with Gasteiger partial charge in [0, 0.05) is 29.2 Å². The van der Waals surface area contributed by atoms with Gasteiger partial charge in [-0.05, 0) is 83.4 Å². The first-order valence-electron chi connectivity index (χ1n) is 11.3. The van der Waals surface area contributed by atoms with E-state index in [-0.39, 0.29) is 23.9 Å². The molecule has 2 heterocycles. The van der Waals surface area contributed by atoms with E-state index in [0.717, 1.165) is 22.2 Å². The average molecular weight is 461 g/mol. The first-order chi connectivity index (χ1) is 14.8. The van der Waals surface area contributed by atoms with Gasteiger partial charge < -0.3 is 20.1 Å². The van der Waals surface area contributed by atoms with E-state index in [1.54, 1.807) is 16.2 Å². The Morgan fingerprint density at radius 3 is 2.44 bits per heavy atom. The molecule has 0 radical (unpaired) electrons. The summed E-state index contributed by atoms with van der Waals surface area (Å²) >= 11 is 1.70. The van der Waals surface area contributed by atoms with Crippen molar-refractivity contribution in [1.82, 2.24) is 4.90 Å². The van der Waals surface area contributed by atoms with Gasteiger partial charge in [0.15, 0.2) is 0 Å². The first kappa shape index (κ1) is 24.5. The van der Waals surface area contributed by atoms with Crippen LogP contribution in [0.2, 0.25) is 0 Å². The fourth-order valence-corrected chi connectivity index (χ4v) is 5.19. The van der Waals surface area contributed by atoms with Crippen molar-refractivity contribution in [2.45, 2.75) is 72.1 Å². The highest BCUT2D eigenvalue weighted by atomic mass is 32.1. The zero-order chi connectivity index (χ0) is 23.7. The van der Waals surface area contributed by atoms with E-state index in [4.69, 9.17) is 15.2 Å². The molecule has 1 amide bonds. The third kappa shape index (κ3) is 6.45. The van der Waals surface area contributed by atoms with Crippen molar-refractivity contribution >= 4 is 33.5 Å². The number of hydrogen-bond acceptors (Lipinski definition) is 6. The second-order valence-electron chi connectivity index (χ2n) is 10.6. The highest BCUT2D eigenvalue weighted by Gasteiger charge is 2.39. The average Bonchev–Trinajstić information content (AvgIpc) is 3.29. The molecule has 1 fully saturated rings. The second kappa shape index (κ2) is 9.40. The van der Waals surface area contributed by atoms with Gasteiger partial charge in [0.25, 0.3) is 0 Å². The number of hydrogen-bond donors (Lipinski definition) is 1. The Morgan fingerprint density at radius 1 is 1.12 bits per heavy atom. The van der Waals surface area contributed by atoms with Crippen LogP contribution in [-0.2, 0) is 27.2 Å². The van der Waals surface area contributed by atoms with E-state index in [1.807, 2.05) is 47.6 Å². The highest BCUT2D eigenvalue weighted by Crippen LogP contribution is 2.34. The molecule has 1 aliphatic rings. The van der Waals surface area contributed by atoms with Crippen LogP contribution in [0.15, 0.2) is 24.3 Å². The normalized spacial score (nSPS) is 18.1. The quantitative estimate of drug-likeness (QED) is 0.627. The van der Waals surface area contributed by atoms with E-state index in [2.05, 4.69) is 18.2 Å². The maximum absolute atomic E-state index is 13.2. The fraction of sp³-hybridized carbons (Fsp3) is 0.600. The number of nitrogens with zero attached hydrogens (tertiary/aromatic N) is 1. The van der Waals surface area contributed by atoms with E-state index in [0.29, 0.717) is 26.1 Å². The van der Waals surface area contributed by atoms with Gasteiger partial charge in [-0.1, -0.05) is 12.1 Å². The molecule has 1 saturated heterocycles. The predicted octanol–water partition coefficient (Wildman–Crippen LogP) is 5.12. The lowest BCUT2D eigenvalue weighted by atomic mass is 9.88. The Labute approximate surface area is 195 Å². The van der Waals surface area contributed by atoms with Crippen LogP contribution in [0.1, 0.15) is 58.4 Å². The van der Waals surface area contributed by atoms with Crippen molar-refractivity contribution in [3.05, 3.63) is 34.7 Å². The van der Waals surface area contributed by atoms with Crippen LogP contribution in [0.4, 0.5) is 4.79 Å². The molecular weight excluding hydrogens is 424 g/mol. The molecule has 0 unspecified atom stereocenters. The molecular formula is C25H36N2O4S. The molecule has 2 atom stereocenters. The minimum Gasteiger partial charge on any atom is -0.460 e. The van der Waals surface area contributed by atoms with Crippen LogP contribution in [0.5, 0.6) is 0 Å². The van der Waals surface area contributed by atoms with Gasteiger partial charge in [-0.25, -0.2) is 4.79 Å². The predicted molar refractivity (Wildman–Crippen MR) is 129 cm³/mol. The lowest BCUT2D eigenvalue weighted by Crippen LogP contribution is -2.38. The number of thiophene rings is 1. The number of ether oxygens (including phenoxy) is 2. The van der Waals surface area contributed by atoms with Crippen molar-refractivity contribution in [1.29, 1.82) is 0 Å². The van der Waals surface area contributed by atoms with E-state index in [9.17, 15) is 9.59 Å². The van der Waals surface area contributed by atoms with E-state index in [1.165, 1.54) is 4.70 Å². The maximum atomic E-state index is 13.2. The maximum Gasteiger partial charge on any atom is 0.410 e. The Bertz CT molecular complexity index is 970. The SMILES string of the molecule is CC(C)(C)OC(=O)[C@@H](Cc1cc2ccc(CN)cc2s1)[C@H]1CCN(C(=O)OC(C)(C)C)C1. The Morgan fingerprint density at radius 2 is 1.81 bits per heavy atom. The molecule has 0 spiro atoms. The largest absolute Gasteiger partial charge is 0.460 e. The van der Waals surface area contributed by atoms with E-state index < -0.39 is 11.2 Å². The molecule has 0 bridgehead atoms. The number of likely N-dealkylation sites (tertiary alicyclic amines) is 1. The third-order valence-corrected chi connectivity index (χ3v) is 6.57. The number of carbonyl (C=O) groups is 2. The minimum absolute atomic E-state index is 0.0298. The molecule has 32 heavy (non-hydrogen) atoms. The fourth-order valence-electron chi connectivity index (χ4n) is 4.00. The van der Waals surface area contributed by atoms with Crippen LogP contribution in [0, 0.1) is 11.8 Å². The smallest absolute Gasteiger partial charge is 0.410 e. The zero-order valence-corrected chi connectivity index (χ0v) is 20.9. The van der Waals surface area contributed by atoms with Gasteiger partial charge in [0.1, 0.15) is 11.2 Å². The molecule has 176 valence electrons. The summed E-state index contributed by atoms with van der Waals surface area (Å²) in [5.74, 6) is -0.487. The van der Waals surface area contributed by atoms with Gasteiger partial charge in [-0.15, -0.1) is 11.3 Å². The number of nitrogens with two attached hydrogens (primary N) is 1. The molecule has 1 aliphatic heterocycles. The van der Waals surface area contributed by atoms with Gasteiger partial charge >= 0.3 is 12.1 Å². The van der Waals surface area contributed by atoms with E-state index >= 15 is 0 Å². The minimum atomic E-state index is -0.561. The zero-order valence-electron chi connectivity index (χ0n) is 20.1. The van der Waals surface area contributed by atoms with Crippen LogP contribution in [0.3, 0.4) is 0 Å². The molecule has 7 heteroatoms. The molecule has 1 aromatic carbocycles. The Hall–Kier alpha value is -2.12. The van der Waals surface area contributed by atoms with Crippen molar-refractivity contribution < 1.29 is 19.1 Å². The summed E-state index contributed by atoms with van der Waals surface area (Å²) in [4.78, 5) is 28.6. The summed E-state index contributed by atoms with van der Waals surface area (Å²) in [5.41, 5.74) is 5.78. The van der Waals surface area contributed by atoms with Gasteiger partial charge in [-0.2, -0.15) is 0 Å². The summed E-state index contributed by atoms with van der Waals surface area (Å²) in [6.07, 6.45) is 1.03. The summed E-state index contributed by atoms with van der Waals surface area (Å²) in [6, 6.07) is 8.39. The summed E-state index contributed by atoms with van der Waals surface area (Å²) in [7, 11) is 0. The number of rotatable bonds is 5. The van der Waals surface area contributed by atoms with Crippen molar-refractivity contribution in [2.24, 2.45) is 17.6 Å². The van der Waals surface area contributed by atoms with Gasteiger partial charge in [-0.3, -0.25) is 4.79 Å². The Balaban J connectivity index is 1.80. The van der Waals surface area contributed by atoms with Crippen molar-refractivity contribution in [3.63, 3.8) is 0 Å². The molecule has 0 saturated carbocycles. The summed E-state index contributed by atoms with van der Waals surface area (Å²) < 4.78 is 12.5. The van der Waals surface area contributed by atoms with Gasteiger partial charge in [0.05, 0.1) is 5.92 Å². The number of benzene rings is 1. The summed E-state index contributed by atoms with van der Waals surface area (Å²) in [6.45, 7) is 12.8. The molecule has 2 N–H and O–H groups in total. The van der Waals surface area contributed by atoms with Crippen LogP contribution < -0.4 is 5.73 Å². The van der Waals surface area contributed by atoms with Crippen LogP contribution in [-0.4, -0.2) is 41.3 Å². The van der Waals surface area contributed by atoms with Crippen molar-refractivity contribution in [2.75, 3.05) is 13.1 Å². The summed E-state index contributed by atoms with van der Waals surface area (Å²) in [5, 5.41) is 1.16.